The Hall–Kier alpha value is -0.860. The van der Waals surface area contributed by atoms with Gasteiger partial charge in [0.25, 0.3) is 0 Å². The lowest BCUT2D eigenvalue weighted by molar-refractivity contribution is -0.119. The molecule has 0 aromatic heterocycles. The molecule has 0 saturated heterocycles. The minimum absolute atomic E-state index is 0. The summed E-state index contributed by atoms with van der Waals surface area (Å²) in [5, 5.41) is 3.15. The molecule has 0 saturated carbocycles. The van der Waals surface area contributed by atoms with Gasteiger partial charge in [-0.2, -0.15) is 0 Å². The largest absolute Gasteiger partial charge is 0.304 e. The van der Waals surface area contributed by atoms with Crippen molar-refractivity contribution in [3.63, 3.8) is 0 Å². The van der Waals surface area contributed by atoms with Gasteiger partial charge in [0, 0.05) is 0 Å². The zero-order valence-corrected chi connectivity index (χ0v) is 9.30. The van der Waals surface area contributed by atoms with E-state index < -0.39 is 0 Å². The third kappa shape index (κ3) is 3.48. The van der Waals surface area contributed by atoms with Gasteiger partial charge in [0.15, 0.2) is 5.78 Å². The molecule has 1 N–H and O–H groups in total. The van der Waals surface area contributed by atoms with Crippen LogP contribution < -0.4 is 5.32 Å². The molecule has 0 radical (unpaired) electrons. The average Bonchev–Trinajstić information content (AvgIpc) is 2.15. The second-order valence-corrected chi connectivity index (χ2v) is 3.01. The highest BCUT2D eigenvalue weighted by Gasteiger charge is 2.13. The van der Waals surface area contributed by atoms with Crippen LogP contribution in [0.3, 0.4) is 0 Å². The summed E-state index contributed by atoms with van der Waals surface area (Å²) >= 11 is 0. The van der Waals surface area contributed by atoms with E-state index >= 15 is 0 Å². The van der Waals surface area contributed by atoms with Gasteiger partial charge >= 0.3 is 0 Å². The minimum Gasteiger partial charge on any atom is -0.304 e. The summed E-state index contributed by atoms with van der Waals surface area (Å²) < 4.78 is 0. The highest BCUT2D eigenvalue weighted by atomic mass is 35.5. The molecule has 0 bridgehead atoms. The van der Waals surface area contributed by atoms with Gasteiger partial charge in [0.1, 0.15) is 0 Å². The number of Topliss-reactive ketones (excluding diaryl/α,β-unsaturated/α-hetero) is 1. The molecule has 0 heterocycles. The molecule has 1 unspecified atom stereocenters. The molecule has 1 aromatic carbocycles. The second kappa shape index (κ2) is 6.57. The Morgan fingerprint density at radius 3 is 2.36 bits per heavy atom. The van der Waals surface area contributed by atoms with Gasteiger partial charge in [-0.05, 0) is 19.0 Å². The van der Waals surface area contributed by atoms with Gasteiger partial charge in [-0.15, -0.1) is 12.4 Å². The quantitative estimate of drug-likeness (QED) is 0.832. The molecule has 14 heavy (non-hydrogen) atoms. The van der Waals surface area contributed by atoms with E-state index in [9.17, 15) is 4.79 Å². The lowest BCUT2D eigenvalue weighted by Crippen LogP contribution is -2.26. The number of carbonyl (C=O) groups excluding carboxylic acids is 1. The van der Waals surface area contributed by atoms with Crippen LogP contribution in [0, 0.1) is 0 Å². The number of halogens is 1. The van der Waals surface area contributed by atoms with E-state index in [1.165, 1.54) is 0 Å². The Morgan fingerprint density at radius 1 is 1.36 bits per heavy atom. The molecule has 0 aliphatic rings. The first-order valence-corrected chi connectivity index (χ1v) is 4.54. The molecule has 2 nitrogen and oxygen atoms in total. The van der Waals surface area contributed by atoms with E-state index in [0.717, 1.165) is 12.1 Å². The van der Waals surface area contributed by atoms with E-state index in [2.05, 4.69) is 5.32 Å². The summed E-state index contributed by atoms with van der Waals surface area (Å²) in [5.41, 5.74) is 1.04. The highest BCUT2D eigenvalue weighted by Crippen LogP contribution is 2.12. The third-order valence-corrected chi connectivity index (χ3v) is 1.95. The Bertz CT molecular complexity index is 274. The topological polar surface area (TPSA) is 29.1 Å². The van der Waals surface area contributed by atoms with Crippen molar-refractivity contribution in [1.29, 1.82) is 0 Å². The summed E-state index contributed by atoms with van der Waals surface area (Å²) in [6, 6.07) is 9.63. The van der Waals surface area contributed by atoms with Gasteiger partial charge < -0.3 is 5.32 Å². The second-order valence-electron chi connectivity index (χ2n) is 3.01. The maximum absolute atomic E-state index is 11.3. The molecule has 0 aliphatic heterocycles. The summed E-state index contributed by atoms with van der Waals surface area (Å²) in [4.78, 5) is 11.3. The van der Waals surface area contributed by atoms with Crippen molar-refractivity contribution in [1.82, 2.24) is 5.32 Å². The Balaban J connectivity index is 0.00000169. The first-order valence-electron chi connectivity index (χ1n) is 4.54. The molecule has 1 atom stereocenters. The third-order valence-electron chi connectivity index (χ3n) is 1.95. The fraction of sp³-hybridized carbons (Fsp3) is 0.364. The van der Waals surface area contributed by atoms with E-state index in [0.29, 0.717) is 0 Å². The maximum Gasteiger partial charge on any atom is 0.151 e. The number of carbonyl (C=O) groups is 1. The Labute approximate surface area is 91.1 Å². The Morgan fingerprint density at radius 2 is 1.93 bits per heavy atom. The molecule has 0 fully saturated rings. The van der Waals surface area contributed by atoms with E-state index in [1.807, 2.05) is 37.3 Å². The smallest absolute Gasteiger partial charge is 0.151 e. The summed E-state index contributed by atoms with van der Waals surface area (Å²) in [5.74, 6) is 0.160. The summed E-state index contributed by atoms with van der Waals surface area (Å²) in [7, 11) is 0. The minimum atomic E-state index is -0.147. The molecule has 78 valence electrons. The first kappa shape index (κ1) is 13.1. The monoisotopic (exact) mass is 213 g/mol. The van der Waals surface area contributed by atoms with Gasteiger partial charge in [-0.25, -0.2) is 0 Å². The van der Waals surface area contributed by atoms with Crippen molar-refractivity contribution in [2.45, 2.75) is 19.9 Å². The lowest BCUT2D eigenvalue weighted by atomic mass is 10.0. The first-order chi connectivity index (χ1) is 6.25. The number of benzene rings is 1. The zero-order chi connectivity index (χ0) is 9.68. The number of hydrogen-bond acceptors (Lipinski definition) is 2. The lowest BCUT2D eigenvalue weighted by Gasteiger charge is -2.14. The van der Waals surface area contributed by atoms with Crippen LogP contribution in [0.5, 0.6) is 0 Å². The molecule has 1 aromatic rings. The van der Waals surface area contributed by atoms with Crippen molar-refractivity contribution in [3.8, 4) is 0 Å². The van der Waals surface area contributed by atoms with Crippen LogP contribution in [-0.2, 0) is 4.79 Å². The fourth-order valence-corrected chi connectivity index (χ4v) is 1.35. The number of hydrogen-bond donors (Lipinski definition) is 1. The molecule has 3 heteroatoms. The number of likely N-dealkylation sites (N-methyl/N-ethyl adjacent to an activating group) is 1. The van der Waals surface area contributed by atoms with Crippen molar-refractivity contribution in [3.05, 3.63) is 35.9 Å². The highest BCUT2D eigenvalue weighted by molar-refractivity contribution is 5.85. The van der Waals surface area contributed by atoms with Crippen molar-refractivity contribution >= 4 is 18.2 Å². The van der Waals surface area contributed by atoms with Gasteiger partial charge in [0.05, 0.1) is 6.04 Å². The normalized spacial score (nSPS) is 11.6. The molecule has 0 amide bonds. The van der Waals surface area contributed by atoms with Crippen LogP contribution in [0.1, 0.15) is 25.5 Å². The maximum atomic E-state index is 11.3. The van der Waals surface area contributed by atoms with Crippen LogP contribution in [0.25, 0.3) is 0 Å². The summed E-state index contributed by atoms with van der Waals surface area (Å²) in [6.45, 7) is 4.42. The van der Waals surface area contributed by atoms with E-state index in [-0.39, 0.29) is 24.2 Å². The molecular weight excluding hydrogens is 198 g/mol. The van der Waals surface area contributed by atoms with Crippen molar-refractivity contribution < 1.29 is 4.79 Å². The van der Waals surface area contributed by atoms with E-state index in [1.54, 1.807) is 6.92 Å². The van der Waals surface area contributed by atoms with Crippen molar-refractivity contribution in [2.75, 3.05) is 6.54 Å². The number of ketones is 1. The van der Waals surface area contributed by atoms with Crippen LogP contribution in [0.4, 0.5) is 0 Å². The van der Waals surface area contributed by atoms with Gasteiger partial charge in [0.2, 0.25) is 0 Å². The van der Waals surface area contributed by atoms with Crippen LogP contribution in [-0.4, -0.2) is 12.3 Å². The molecule has 0 spiro atoms. The van der Waals surface area contributed by atoms with Gasteiger partial charge in [-0.1, -0.05) is 37.3 Å². The van der Waals surface area contributed by atoms with Gasteiger partial charge in [-0.3, -0.25) is 4.79 Å². The fourth-order valence-electron chi connectivity index (χ4n) is 1.35. The van der Waals surface area contributed by atoms with E-state index in [4.69, 9.17) is 0 Å². The standard InChI is InChI=1S/C11H15NO.ClH/c1-3-12-11(9(2)13)10-7-5-4-6-8-10;/h4-8,11-12H,3H2,1-2H3;1H. The van der Waals surface area contributed by atoms with Crippen LogP contribution in [0.15, 0.2) is 30.3 Å². The van der Waals surface area contributed by atoms with Crippen molar-refractivity contribution in [2.24, 2.45) is 0 Å². The average molecular weight is 214 g/mol. The zero-order valence-electron chi connectivity index (χ0n) is 8.49. The molecule has 0 aliphatic carbocycles. The van der Waals surface area contributed by atoms with Crippen LogP contribution >= 0.6 is 12.4 Å². The van der Waals surface area contributed by atoms with Crippen LogP contribution in [0.2, 0.25) is 0 Å². The number of nitrogens with one attached hydrogen (secondary N) is 1. The number of rotatable bonds is 4. The molecular formula is C11H16ClNO. The molecule has 1 rings (SSSR count). The summed E-state index contributed by atoms with van der Waals surface area (Å²) in [6.07, 6.45) is 0. The Kier molecular flexibility index (Phi) is 6.17. The predicted molar refractivity (Wildman–Crippen MR) is 60.8 cm³/mol. The SMILES string of the molecule is CCNC(C(C)=O)c1ccccc1.Cl. The predicted octanol–water partition coefficient (Wildman–Crippen LogP) is 2.35.